The Bertz CT molecular complexity index is 1240. The number of oxime groups is 1. The van der Waals surface area contributed by atoms with Crippen molar-refractivity contribution in [1.82, 2.24) is 0 Å². The van der Waals surface area contributed by atoms with Gasteiger partial charge in [0.25, 0.3) is 0 Å². The van der Waals surface area contributed by atoms with E-state index < -0.39 is 0 Å². The van der Waals surface area contributed by atoms with Gasteiger partial charge < -0.3 is 14.3 Å². The summed E-state index contributed by atoms with van der Waals surface area (Å²) < 4.78 is 12.3. The van der Waals surface area contributed by atoms with Gasteiger partial charge in [-0.05, 0) is 18.2 Å². The Morgan fingerprint density at radius 3 is 2.31 bits per heavy atom. The van der Waals surface area contributed by atoms with Crippen LogP contribution in [-0.2, 0) is 4.84 Å². The quantitative estimate of drug-likeness (QED) is 0.443. The van der Waals surface area contributed by atoms with Crippen molar-refractivity contribution in [3.63, 3.8) is 0 Å². The first kappa shape index (κ1) is 15.9. The SMILES string of the molecule is C1=NOC=C2Oc3ccccc3/C(=C3\c4ccccc4Oc4c[nH+]ccc43)C2=C1. The summed E-state index contributed by atoms with van der Waals surface area (Å²) in [5.74, 6) is 2.99. The molecule has 1 aromatic heterocycles. The summed E-state index contributed by atoms with van der Waals surface area (Å²) >= 11 is 0. The summed E-state index contributed by atoms with van der Waals surface area (Å²) in [4.78, 5) is 8.35. The van der Waals surface area contributed by atoms with Crippen molar-refractivity contribution in [2.75, 3.05) is 0 Å². The highest BCUT2D eigenvalue weighted by Gasteiger charge is 2.33. The summed E-state index contributed by atoms with van der Waals surface area (Å²) in [7, 11) is 0. The fourth-order valence-corrected chi connectivity index (χ4v) is 3.95. The molecule has 2 aromatic carbocycles. The molecule has 0 aliphatic carbocycles. The van der Waals surface area contributed by atoms with Gasteiger partial charge in [0.15, 0.2) is 24.0 Å². The molecule has 138 valence electrons. The maximum atomic E-state index is 6.17. The summed E-state index contributed by atoms with van der Waals surface area (Å²) in [6, 6.07) is 18.1. The largest absolute Gasteiger partial charge is 0.453 e. The number of fused-ring (bicyclic) bond motifs is 4. The van der Waals surface area contributed by atoms with E-state index in [4.69, 9.17) is 14.3 Å². The van der Waals surface area contributed by atoms with E-state index >= 15 is 0 Å². The van der Waals surface area contributed by atoms with Crippen LogP contribution < -0.4 is 14.5 Å². The van der Waals surface area contributed by atoms with Gasteiger partial charge in [0.1, 0.15) is 11.5 Å². The summed E-state index contributed by atoms with van der Waals surface area (Å²) in [5.41, 5.74) is 6.10. The lowest BCUT2D eigenvalue weighted by Gasteiger charge is -2.29. The van der Waals surface area contributed by atoms with Crippen LogP contribution in [0.1, 0.15) is 16.7 Å². The molecule has 3 aromatic rings. The molecule has 29 heavy (non-hydrogen) atoms. The van der Waals surface area contributed by atoms with Crippen LogP contribution >= 0.6 is 0 Å². The van der Waals surface area contributed by atoms with Crippen LogP contribution in [0, 0.1) is 0 Å². The minimum atomic E-state index is 0.622. The van der Waals surface area contributed by atoms with Crippen molar-refractivity contribution in [3.05, 3.63) is 107 Å². The average Bonchev–Trinajstić information content (AvgIpc) is 3.01. The highest BCUT2D eigenvalue weighted by molar-refractivity contribution is 6.11. The lowest BCUT2D eigenvalue weighted by molar-refractivity contribution is -0.378. The maximum absolute atomic E-state index is 6.17. The van der Waals surface area contributed by atoms with Crippen LogP contribution in [0.15, 0.2) is 95.8 Å². The first-order valence-corrected chi connectivity index (χ1v) is 9.30. The van der Waals surface area contributed by atoms with Gasteiger partial charge in [-0.2, -0.15) is 0 Å². The molecule has 0 amide bonds. The molecule has 0 spiro atoms. The Labute approximate surface area is 166 Å². The van der Waals surface area contributed by atoms with Gasteiger partial charge in [-0.15, -0.1) is 0 Å². The third kappa shape index (κ3) is 2.41. The van der Waals surface area contributed by atoms with E-state index in [0.717, 1.165) is 50.7 Å². The van der Waals surface area contributed by atoms with Gasteiger partial charge in [-0.25, -0.2) is 4.98 Å². The number of aromatic amines is 1. The van der Waals surface area contributed by atoms with E-state index in [2.05, 4.69) is 22.3 Å². The number of benzene rings is 2. The zero-order valence-electron chi connectivity index (χ0n) is 15.3. The minimum absolute atomic E-state index is 0.622. The Kier molecular flexibility index (Phi) is 3.40. The van der Waals surface area contributed by atoms with Gasteiger partial charge in [0, 0.05) is 39.5 Å². The van der Waals surface area contributed by atoms with Gasteiger partial charge in [-0.1, -0.05) is 41.6 Å². The van der Waals surface area contributed by atoms with Crippen molar-refractivity contribution < 1.29 is 19.3 Å². The van der Waals surface area contributed by atoms with Crippen LogP contribution in [0.5, 0.6) is 17.2 Å². The van der Waals surface area contributed by atoms with E-state index in [1.807, 2.05) is 60.9 Å². The number of aromatic nitrogens is 1. The van der Waals surface area contributed by atoms with Crippen molar-refractivity contribution in [2.24, 2.45) is 5.16 Å². The lowest BCUT2D eigenvalue weighted by Crippen LogP contribution is -2.14. The van der Waals surface area contributed by atoms with Gasteiger partial charge >= 0.3 is 0 Å². The number of hydrogen-bond acceptors (Lipinski definition) is 4. The standard InChI is InChI=1S/C24H14N2O3/c1-3-7-19-15(5-1)23(17-9-11-25-13-21(17)28-19)24-16-6-2-4-8-20(16)29-22-14-27-26-12-10-18(22)24/h1-14H/p+1/b24-23-. The number of rotatable bonds is 0. The number of hydrogen-bond donors (Lipinski definition) is 0. The first-order chi connectivity index (χ1) is 14.4. The molecule has 3 aliphatic rings. The van der Waals surface area contributed by atoms with Crippen LogP contribution in [0.3, 0.4) is 0 Å². The number of H-pyrrole nitrogens is 1. The summed E-state index contributed by atoms with van der Waals surface area (Å²) in [5, 5.41) is 3.92. The van der Waals surface area contributed by atoms with Crippen LogP contribution in [-0.4, -0.2) is 6.21 Å². The number of allylic oxidation sites excluding steroid dienone is 2. The Balaban J connectivity index is 1.78. The molecule has 3 aliphatic heterocycles. The molecule has 4 heterocycles. The molecule has 1 N–H and O–H groups in total. The van der Waals surface area contributed by atoms with E-state index in [1.165, 1.54) is 6.26 Å². The van der Waals surface area contributed by atoms with Crippen molar-refractivity contribution in [1.29, 1.82) is 0 Å². The highest BCUT2D eigenvalue weighted by atomic mass is 16.6. The number of ether oxygens (including phenoxy) is 2. The molecular weight excluding hydrogens is 364 g/mol. The molecule has 0 radical (unpaired) electrons. The molecule has 6 rings (SSSR count). The fraction of sp³-hybridized carbons (Fsp3) is 0. The topological polar surface area (TPSA) is 54.2 Å². The normalized spacial score (nSPS) is 18.3. The molecule has 0 bridgehead atoms. The number of para-hydroxylation sites is 2. The lowest BCUT2D eigenvalue weighted by atomic mass is 9.82. The summed E-state index contributed by atoms with van der Waals surface area (Å²) in [6.07, 6.45) is 8.88. The van der Waals surface area contributed by atoms with Crippen molar-refractivity contribution >= 4 is 17.4 Å². The monoisotopic (exact) mass is 379 g/mol. The van der Waals surface area contributed by atoms with Crippen molar-refractivity contribution in [3.8, 4) is 17.2 Å². The third-order valence-electron chi connectivity index (χ3n) is 5.16. The van der Waals surface area contributed by atoms with Gasteiger partial charge in [-0.3, -0.25) is 0 Å². The molecule has 0 atom stereocenters. The molecule has 5 nitrogen and oxygen atoms in total. The van der Waals surface area contributed by atoms with Crippen LogP contribution in [0.2, 0.25) is 0 Å². The third-order valence-corrected chi connectivity index (χ3v) is 5.16. The van der Waals surface area contributed by atoms with Gasteiger partial charge in [0.05, 0.1) is 6.21 Å². The zero-order chi connectivity index (χ0) is 19.2. The summed E-state index contributed by atoms with van der Waals surface area (Å²) in [6.45, 7) is 0. The second-order valence-electron chi connectivity index (χ2n) is 6.79. The van der Waals surface area contributed by atoms with E-state index in [-0.39, 0.29) is 0 Å². The van der Waals surface area contributed by atoms with E-state index in [9.17, 15) is 0 Å². The predicted molar refractivity (Wildman–Crippen MR) is 108 cm³/mol. The van der Waals surface area contributed by atoms with Crippen LogP contribution in [0.25, 0.3) is 11.1 Å². The van der Waals surface area contributed by atoms with Gasteiger partial charge in [0.2, 0.25) is 6.20 Å². The second-order valence-corrected chi connectivity index (χ2v) is 6.79. The molecule has 0 saturated carbocycles. The van der Waals surface area contributed by atoms with E-state index in [1.54, 1.807) is 6.21 Å². The molecule has 5 heteroatoms. The van der Waals surface area contributed by atoms with Crippen LogP contribution in [0.4, 0.5) is 0 Å². The number of nitrogens with one attached hydrogen (secondary N) is 1. The number of pyridine rings is 1. The second kappa shape index (κ2) is 6.21. The molecule has 0 saturated heterocycles. The molecule has 0 fully saturated rings. The van der Waals surface area contributed by atoms with E-state index in [0.29, 0.717) is 5.76 Å². The Morgan fingerprint density at radius 1 is 0.724 bits per heavy atom. The maximum Gasteiger partial charge on any atom is 0.210 e. The smallest absolute Gasteiger partial charge is 0.210 e. The minimum Gasteiger partial charge on any atom is -0.453 e. The molecule has 0 unspecified atom stereocenters. The van der Waals surface area contributed by atoms with Crippen molar-refractivity contribution in [2.45, 2.75) is 0 Å². The predicted octanol–water partition coefficient (Wildman–Crippen LogP) is 4.74. The Hall–Kier alpha value is -4.12. The number of nitrogens with zero attached hydrogens (tertiary/aromatic N) is 1. The zero-order valence-corrected chi connectivity index (χ0v) is 15.3. The highest BCUT2D eigenvalue weighted by Crippen LogP contribution is 2.51. The first-order valence-electron chi connectivity index (χ1n) is 9.30. The fourth-order valence-electron chi connectivity index (χ4n) is 3.95. The Morgan fingerprint density at radius 2 is 1.45 bits per heavy atom. The molecular formula is C24H15N2O3+. The average molecular weight is 379 g/mol.